The van der Waals surface area contributed by atoms with E-state index in [1.165, 1.54) is 0 Å². The minimum absolute atomic E-state index is 0.0328. The fraction of sp³-hybridized carbons (Fsp3) is 0.435. The zero-order valence-corrected chi connectivity index (χ0v) is 18.9. The van der Waals surface area contributed by atoms with Gasteiger partial charge in [-0.2, -0.15) is 0 Å². The molecule has 6 nitrogen and oxygen atoms in total. The summed E-state index contributed by atoms with van der Waals surface area (Å²) in [5, 5.41) is 0. The largest absolute Gasteiger partial charge is 0.490 e. The quantitative estimate of drug-likeness (QED) is 0.696. The van der Waals surface area contributed by atoms with E-state index in [1.807, 2.05) is 32.9 Å². The van der Waals surface area contributed by atoms with Crippen LogP contribution < -0.4 is 14.4 Å². The molecule has 162 valence electrons. The van der Waals surface area contributed by atoms with Crippen LogP contribution in [0.5, 0.6) is 5.75 Å². The standard InChI is InChI=1S/C23H30N2O4S/c1-5-7-17-8-11-19(12-9-17)30(27,28)24-18-10-13-21-20(15-18)25(14-6-2)22(26)23(3,4)16-29-21/h8-13,15,24H,5-7,14,16H2,1-4H3. The van der Waals surface area contributed by atoms with Gasteiger partial charge in [0.1, 0.15) is 12.4 Å². The van der Waals surface area contributed by atoms with Gasteiger partial charge in [-0.25, -0.2) is 8.42 Å². The van der Waals surface area contributed by atoms with Gasteiger partial charge in [-0.15, -0.1) is 0 Å². The summed E-state index contributed by atoms with van der Waals surface area (Å²) >= 11 is 0. The maximum atomic E-state index is 13.0. The highest BCUT2D eigenvalue weighted by molar-refractivity contribution is 7.92. The van der Waals surface area contributed by atoms with E-state index in [2.05, 4.69) is 11.6 Å². The highest BCUT2D eigenvalue weighted by Crippen LogP contribution is 2.38. The minimum atomic E-state index is -3.74. The molecule has 2 aromatic rings. The van der Waals surface area contributed by atoms with E-state index >= 15 is 0 Å². The van der Waals surface area contributed by atoms with Crippen LogP contribution in [0.25, 0.3) is 0 Å². The van der Waals surface area contributed by atoms with Crippen molar-refractivity contribution in [2.75, 3.05) is 22.8 Å². The van der Waals surface area contributed by atoms with Gasteiger partial charge in [-0.05, 0) is 62.6 Å². The number of hydrogen-bond acceptors (Lipinski definition) is 4. The first kappa shape index (κ1) is 22.2. The summed E-state index contributed by atoms with van der Waals surface area (Å²) in [6.45, 7) is 8.61. The van der Waals surface area contributed by atoms with Gasteiger partial charge in [0.2, 0.25) is 5.91 Å². The zero-order chi connectivity index (χ0) is 21.9. The van der Waals surface area contributed by atoms with E-state index in [0.717, 1.165) is 24.8 Å². The second-order valence-corrected chi connectivity index (χ2v) is 9.99. The molecule has 0 bridgehead atoms. The van der Waals surface area contributed by atoms with Crippen molar-refractivity contribution < 1.29 is 17.9 Å². The average Bonchev–Trinajstić information content (AvgIpc) is 2.79. The maximum absolute atomic E-state index is 13.0. The Hall–Kier alpha value is -2.54. The fourth-order valence-electron chi connectivity index (χ4n) is 3.49. The summed E-state index contributed by atoms with van der Waals surface area (Å²) in [5.41, 5.74) is 1.43. The van der Waals surface area contributed by atoms with Gasteiger partial charge in [0.25, 0.3) is 10.0 Å². The van der Waals surface area contributed by atoms with Crippen molar-refractivity contribution in [1.29, 1.82) is 0 Å². The predicted octanol–water partition coefficient (Wildman–Crippen LogP) is 4.60. The van der Waals surface area contributed by atoms with Crippen molar-refractivity contribution in [3.63, 3.8) is 0 Å². The van der Waals surface area contributed by atoms with Gasteiger partial charge in [0.15, 0.2) is 0 Å². The maximum Gasteiger partial charge on any atom is 0.261 e. The SMILES string of the molecule is CCCc1ccc(S(=O)(=O)Nc2ccc3c(c2)N(CCC)C(=O)C(C)(C)CO3)cc1. The number of carbonyl (C=O) groups is 1. The molecule has 3 rings (SSSR count). The molecule has 0 radical (unpaired) electrons. The Labute approximate surface area is 179 Å². The highest BCUT2D eigenvalue weighted by Gasteiger charge is 2.37. The van der Waals surface area contributed by atoms with Crippen LogP contribution in [0.15, 0.2) is 47.4 Å². The third-order valence-corrected chi connectivity index (χ3v) is 6.53. The monoisotopic (exact) mass is 430 g/mol. The predicted molar refractivity (Wildman–Crippen MR) is 120 cm³/mol. The second-order valence-electron chi connectivity index (χ2n) is 8.31. The van der Waals surface area contributed by atoms with Crippen LogP contribution in [-0.4, -0.2) is 27.5 Å². The molecule has 0 atom stereocenters. The number of nitrogens with one attached hydrogen (secondary N) is 1. The van der Waals surface area contributed by atoms with E-state index in [1.54, 1.807) is 35.2 Å². The number of anilines is 2. The van der Waals surface area contributed by atoms with Crippen molar-refractivity contribution >= 4 is 27.3 Å². The lowest BCUT2D eigenvalue weighted by Gasteiger charge is -2.28. The van der Waals surface area contributed by atoms with Crippen LogP contribution >= 0.6 is 0 Å². The summed E-state index contributed by atoms with van der Waals surface area (Å²) in [7, 11) is -3.74. The van der Waals surface area contributed by atoms with Gasteiger partial charge in [0, 0.05) is 6.54 Å². The van der Waals surface area contributed by atoms with E-state index in [0.29, 0.717) is 23.7 Å². The molecule has 1 amide bonds. The molecular weight excluding hydrogens is 400 g/mol. The van der Waals surface area contributed by atoms with Crippen LogP contribution in [0.2, 0.25) is 0 Å². The Balaban J connectivity index is 1.92. The molecule has 0 saturated carbocycles. The highest BCUT2D eigenvalue weighted by atomic mass is 32.2. The molecule has 0 fully saturated rings. The number of aryl methyl sites for hydroxylation is 1. The molecular formula is C23H30N2O4S. The Morgan fingerprint density at radius 2 is 1.77 bits per heavy atom. The lowest BCUT2D eigenvalue weighted by atomic mass is 9.93. The summed E-state index contributed by atoms with van der Waals surface area (Å²) in [6.07, 6.45) is 2.70. The van der Waals surface area contributed by atoms with Crippen molar-refractivity contribution in [2.45, 2.75) is 51.9 Å². The molecule has 1 aliphatic rings. The Morgan fingerprint density at radius 3 is 2.40 bits per heavy atom. The second kappa shape index (κ2) is 8.68. The first-order valence-electron chi connectivity index (χ1n) is 10.4. The summed E-state index contributed by atoms with van der Waals surface area (Å²) < 4.78 is 34.2. The molecule has 0 spiro atoms. The molecule has 1 aliphatic heterocycles. The van der Waals surface area contributed by atoms with E-state index in [-0.39, 0.29) is 17.4 Å². The van der Waals surface area contributed by atoms with E-state index < -0.39 is 15.4 Å². The Morgan fingerprint density at radius 1 is 1.07 bits per heavy atom. The van der Waals surface area contributed by atoms with Crippen molar-refractivity contribution in [2.24, 2.45) is 5.41 Å². The smallest absolute Gasteiger partial charge is 0.261 e. The topological polar surface area (TPSA) is 75.7 Å². The first-order valence-corrected chi connectivity index (χ1v) is 11.9. The lowest BCUT2D eigenvalue weighted by Crippen LogP contribution is -2.42. The third kappa shape index (κ3) is 4.61. The molecule has 1 N–H and O–H groups in total. The number of benzene rings is 2. The Kier molecular flexibility index (Phi) is 6.41. The van der Waals surface area contributed by atoms with Crippen molar-refractivity contribution in [3.05, 3.63) is 48.0 Å². The first-order chi connectivity index (χ1) is 14.2. The van der Waals surface area contributed by atoms with Gasteiger partial charge in [0.05, 0.1) is 21.7 Å². The summed E-state index contributed by atoms with van der Waals surface area (Å²) in [4.78, 5) is 14.9. The molecule has 0 saturated heterocycles. The van der Waals surface area contributed by atoms with Gasteiger partial charge in [-0.1, -0.05) is 32.4 Å². The van der Waals surface area contributed by atoms with Crippen molar-refractivity contribution in [1.82, 2.24) is 0 Å². The molecule has 7 heteroatoms. The van der Waals surface area contributed by atoms with Gasteiger partial charge in [-0.3, -0.25) is 9.52 Å². The van der Waals surface area contributed by atoms with Gasteiger partial charge >= 0.3 is 0 Å². The lowest BCUT2D eigenvalue weighted by molar-refractivity contribution is -0.127. The fourth-order valence-corrected chi connectivity index (χ4v) is 4.54. The number of sulfonamides is 1. The van der Waals surface area contributed by atoms with Crippen LogP contribution in [0.3, 0.4) is 0 Å². The summed E-state index contributed by atoms with van der Waals surface area (Å²) in [5.74, 6) is 0.545. The number of fused-ring (bicyclic) bond motifs is 1. The number of carbonyl (C=O) groups excluding carboxylic acids is 1. The molecule has 0 aliphatic carbocycles. The summed E-state index contributed by atoms with van der Waals surface area (Å²) in [6, 6.07) is 12.0. The van der Waals surface area contributed by atoms with E-state index in [9.17, 15) is 13.2 Å². The van der Waals surface area contributed by atoms with Crippen molar-refractivity contribution in [3.8, 4) is 5.75 Å². The van der Waals surface area contributed by atoms with Crippen LogP contribution in [-0.2, 0) is 21.2 Å². The average molecular weight is 431 g/mol. The number of amides is 1. The number of ether oxygens (including phenoxy) is 1. The molecule has 2 aromatic carbocycles. The van der Waals surface area contributed by atoms with Crippen LogP contribution in [0, 0.1) is 5.41 Å². The Bertz CT molecular complexity index is 1010. The third-order valence-electron chi connectivity index (χ3n) is 5.13. The number of nitrogens with zero attached hydrogens (tertiary/aromatic N) is 1. The number of hydrogen-bond donors (Lipinski definition) is 1. The molecule has 0 aromatic heterocycles. The number of rotatable bonds is 7. The minimum Gasteiger partial charge on any atom is -0.490 e. The zero-order valence-electron chi connectivity index (χ0n) is 18.1. The molecule has 0 unspecified atom stereocenters. The normalized spacial score (nSPS) is 15.9. The molecule has 1 heterocycles. The van der Waals surface area contributed by atoms with Crippen LogP contribution in [0.4, 0.5) is 11.4 Å². The van der Waals surface area contributed by atoms with E-state index in [4.69, 9.17) is 4.74 Å². The molecule has 30 heavy (non-hydrogen) atoms. The van der Waals surface area contributed by atoms with Gasteiger partial charge < -0.3 is 9.64 Å². The van der Waals surface area contributed by atoms with Crippen LogP contribution in [0.1, 0.15) is 46.1 Å².